The van der Waals surface area contributed by atoms with Crippen LogP contribution < -0.4 is 10.5 Å². The van der Waals surface area contributed by atoms with Crippen molar-refractivity contribution in [3.05, 3.63) is 29.8 Å². The molecule has 0 radical (unpaired) electrons. The Bertz CT molecular complexity index is 478. The van der Waals surface area contributed by atoms with Gasteiger partial charge < -0.3 is 15.6 Å². The Balaban J connectivity index is 1.81. The topological polar surface area (TPSA) is 75.8 Å². The first kappa shape index (κ1) is 14.8. The monoisotopic (exact) mass is 278 g/mol. The molecule has 0 aromatic heterocycles. The maximum atomic E-state index is 11.3. The lowest BCUT2D eigenvalue weighted by molar-refractivity contribution is -0.142. The minimum atomic E-state index is -1.39. The van der Waals surface area contributed by atoms with Crippen LogP contribution in [0.5, 0.6) is 5.75 Å². The van der Waals surface area contributed by atoms with Gasteiger partial charge in [-0.15, -0.1) is 0 Å². The van der Waals surface area contributed by atoms with E-state index >= 15 is 0 Å². The van der Waals surface area contributed by atoms with Crippen molar-refractivity contribution in [3.8, 4) is 5.75 Å². The second kappa shape index (κ2) is 6.24. The molecule has 20 heavy (non-hydrogen) atoms. The van der Waals surface area contributed by atoms with E-state index in [-0.39, 0.29) is 0 Å². The summed E-state index contributed by atoms with van der Waals surface area (Å²) in [5.74, 6) is 0.203. The maximum absolute atomic E-state index is 11.3. The first-order chi connectivity index (χ1) is 9.49. The van der Waals surface area contributed by atoms with Crippen LogP contribution in [-0.2, 0) is 4.79 Å². The molecule has 1 heterocycles. The Labute approximate surface area is 119 Å². The third-order valence-electron chi connectivity index (χ3n) is 3.67. The second-order valence-electron chi connectivity index (χ2n) is 5.44. The average molecular weight is 278 g/mol. The van der Waals surface area contributed by atoms with Crippen LogP contribution in [0.4, 0.5) is 0 Å². The van der Waals surface area contributed by atoms with E-state index in [1.165, 1.54) is 0 Å². The summed E-state index contributed by atoms with van der Waals surface area (Å²) < 4.78 is 5.68. The molecule has 3 N–H and O–H groups in total. The molecule has 1 fully saturated rings. The molecule has 0 unspecified atom stereocenters. The highest BCUT2D eigenvalue weighted by Gasteiger charge is 2.38. The number of hydrogen-bond donors (Lipinski definition) is 2. The molecule has 1 aliphatic heterocycles. The number of ether oxygens (including phenoxy) is 1. The summed E-state index contributed by atoms with van der Waals surface area (Å²) in [6.45, 7) is 4.36. The summed E-state index contributed by atoms with van der Waals surface area (Å²) in [6.07, 6.45) is 1.21. The number of aliphatic hydroxyl groups is 1. The van der Waals surface area contributed by atoms with E-state index < -0.39 is 11.5 Å². The molecular formula is C15H22N2O3. The molecule has 0 spiro atoms. The van der Waals surface area contributed by atoms with Crippen molar-refractivity contribution in [2.24, 2.45) is 5.73 Å². The molecule has 110 valence electrons. The minimum Gasteiger partial charge on any atom is -0.492 e. The van der Waals surface area contributed by atoms with Crippen LogP contribution in [0.3, 0.4) is 0 Å². The SMILES string of the molecule is Cc1cccc(OCCN2CCC[C@@](O)(C(N)=O)C2)c1. The third-order valence-corrected chi connectivity index (χ3v) is 3.67. The number of rotatable bonds is 5. The molecule has 1 aliphatic rings. The summed E-state index contributed by atoms with van der Waals surface area (Å²) in [5, 5.41) is 10.1. The normalized spacial score (nSPS) is 23.5. The molecule has 0 aliphatic carbocycles. The zero-order chi connectivity index (χ0) is 14.6. The highest BCUT2D eigenvalue weighted by atomic mass is 16.5. The Morgan fingerprint density at radius 3 is 3.05 bits per heavy atom. The van der Waals surface area contributed by atoms with Gasteiger partial charge in [0.15, 0.2) is 5.60 Å². The van der Waals surface area contributed by atoms with Crippen molar-refractivity contribution in [1.82, 2.24) is 4.90 Å². The number of β-amino-alcohol motifs (C(OH)–C–C–N with tert-alkyl or cyclic N) is 1. The third kappa shape index (κ3) is 3.71. The van der Waals surface area contributed by atoms with Gasteiger partial charge in [0.2, 0.25) is 0 Å². The van der Waals surface area contributed by atoms with Gasteiger partial charge in [0.25, 0.3) is 5.91 Å². The number of nitrogens with zero attached hydrogens (tertiary/aromatic N) is 1. The molecule has 0 bridgehead atoms. The number of amides is 1. The molecule has 1 saturated heterocycles. The predicted octanol–water partition coefficient (Wildman–Crippen LogP) is 0.686. The van der Waals surface area contributed by atoms with Crippen molar-refractivity contribution in [2.45, 2.75) is 25.4 Å². The zero-order valence-corrected chi connectivity index (χ0v) is 11.8. The van der Waals surface area contributed by atoms with Crippen LogP contribution in [-0.4, -0.2) is 47.8 Å². The average Bonchev–Trinajstić information content (AvgIpc) is 2.39. The fraction of sp³-hybridized carbons (Fsp3) is 0.533. The van der Waals surface area contributed by atoms with Gasteiger partial charge in [0, 0.05) is 13.1 Å². The lowest BCUT2D eigenvalue weighted by Gasteiger charge is -2.36. The zero-order valence-electron chi connectivity index (χ0n) is 11.8. The molecule has 0 saturated carbocycles. The quantitative estimate of drug-likeness (QED) is 0.830. The Hall–Kier alpha value is -1.59. The van der Waals surface area contributed by atoms with Gasteiger partial charge in [0.1, 0.15) is 12.4 Å². The van der Waals surface area contributed by atoms with Gasteiger partial charge >= 0.3 is 0 Å². The molecule has 5 heteroatoms. The number of likely N-dealkylation sites (tertiary alicyclic amines) is 1. The van der Waals surface area contributed by atoms with Crippen molar-refractivity contribution in [1.29, 1.82) is 0 Å². The standard InChI is InChI=1S/C15H22N2O3/c1-12-4-2-5-13(10-12)20-9-8-17-7-3-6-15(19,11-17)14(16)18/h2,4-5,10,19H,3,6-9,11H2,1H3,(H2,16,18)/t15-/m0/s1. The maximum Gasteiger partial charge on any atom is 0.250 e. The van der Waals surface area contributed by atoms with Crippen molar-refractivity contribution < 1.29 is 14.6 Å². The molecule has 1 aromatic rings. The Morgan fingerprint density at radius 1 is 1.55 bits per heavy atom. The van der Waals surface area contributed by atoms with Crippen LogP contribution in [0.15, 0.2) is 24.3 Å². The molecule has 1 amide bonds. The highest BCUT2D eigenvalue weighted by molar-refractivity contribution is 5.83. The van der Waals surface area contributed by atoms with Crippen LogP contribution in [0, 0.1) is 6.92 Å². The van der Waals surface area contributed by atoms with E-state index in [0.717, 1.165) is 24.3 Å². The summed E-state index contributed by atoms with van der Waals surface area (Å²) in [7, 11) is 0. The number of nitrogens with two attached hydrogens (primary N) is 1. The van der Waals surface area contributed by atoms with Gasteiger partial charge in [-0.2, -0.15) is 0 Å². The highest BCUT2D eigenvalue weighted by Crippen LogP contribution is 2.20. The van der Waals surface area contributed by atoms with E-state index in [9.17, 15) is 9.90 Å². The number of primary amides is 1. The number of carbonyl (C=O) groups excluding carboxylic acids is 1. The molecule has 1 aromatic carbocycles. The van der Waals surface area contributed by atoms with Crippen molar-refractivity contribution in [3.63, 3.8) is 0 Å². The minimum absolute atomic E-state index is 0.291. The fourth-order valence-electron chi connectivity index (χ4n) is 2.51. The van der Waals surface area contributed by atoms with Gasteiger partial charge in [-0.05, 0) is 44.0 Å². The van der Waals surface area contributed by atoms with Gasteiger partial charge in [-0.25, -0.2) is 0 Å². The molecule has 2 rings (SSSR count). The van der Waals surface area contributed by atoms with Crippen molar-refractivity contribution in [2.75, 3.05) is 26.2 Å². The second-order valence-corrected chi connectivity index (χ2v) is 5.44. The number of carbonyl (C=O) groups is 1. The van der Waals surface area contributed by atoms with Gasteiger partial charge in [-0.3, -0.25) is 9.69 Å². The lowest BCUT2D eigenvalue weighted by Crippen LogP contribution is -2.56. The largest absolute Gasteiger partial charge is 0.492 e. The van der Waals surface area contributed by atoms with Crippen LogP contribution >= 0.6 is 0 Å². The van der Waals surface area contributed by atoms with Crippen molar-refractivity contribution >= 4 is 5.91 Å². The number of piperidine rings is 1. The number of benzene rings is 1. The Kier molecular flexibility index (Phi) is 4.62. The number of aryl methyl sites for hydroxylation is 1. The summed E-state index contributed by atoms with van der Waals surface area (Å²) >= 11 is 0. The molecule has 1 atom stereocenters. The van der Waals surface area contributed by atoms with E-state index in [1.54, 1.807) is 0 Å². The van der Waals surface area contributed by atoms with E-state index in [4.69, 9.17) is 10.5 Å². The molecular weight excluding hydrogens is 256 g/mol. The first-order valence-electron chi connectivity index (χ1n) is 6.94. The summed E-state index contributed by atoms with van der Waals surface area (Å²) in [5.41, 5.74) is 5.02. The Morgan fingerprint density at radius 2 is 2.35 bits per heavy atom. The van der Waals surface area contributed by atoms with E-state index in [1.807, 2.05) is 36.1 Å². The fourth-order valence-corrected chi connectivity index (χ4v) is 2.51. The van der Waals surface area contributed by atoms with Gasteiger partial charge in [-0.1, -0.05) is 12.1 Å². The molecule has 5 nitrogen and oxygen atoms in total. The summed E-state index contributed by atoms with van der Waals surface area (Å²) in [4.78, 5) is 13.3. The smallest absolute Gasteiger partial charge is 0.250 e. The summed E-state index contributed by atoms with van der Waals surface area (Å²) in [6, 6.07) is 7.88. The lowest BCUT2D eigenvalue weighted by atomic mass is 9.92. The first-order valence-corrected chi connectivity index (χ1v) is 6.94. The van der Waals surface area contributed by atoms with Crippen LogP contribution in [0.1, 0.15) is 18.4 Å². The van der Waals surface area contributed by atoms with Gasteiger partial charge in [0.05, 0.1) is 0 Å². The van der Waals surface area contributed by atoms with E-state index in [2.05, 4.69) is 0 Å². The van der Waals surface area contributed by atoms with Crippen LogP contribution in [0.2, 0.25) is 0 Å². The van der Waals surface area contributed by atoms with E-state index in [0.29, 0.717) is 26.1 Å². The predicted molar refractivity (Wildman–Crippen MR) is 76.5 cm³/mol. The van der Waals surface area contributed by atoms with Crippen LogP contribution in [0.25, 0.3) is 0 Å². The number of hydrogen-bond acceptors (Lipinski definition) is 4.